The Morgan fingerprint density at radius 3 is 2.69 bits per heavy atom. The van der Waals surface area contributed by atoms with Crippen LogP contribution in [0.1, 0.15) is 46.3 Å². The third-order valence-corrected chi connectivity index (χ3v) is 6.31. The number of carbonyl (C=O) groups is 2. The number of hydrogen-bond donors (Lipinski definition) is 0. The highest BCUT2D eigenvalue weighted by molar-refractivity contribution is 7.09. The zero-order valence-electron chi connectivity index (χ0n) is 15.2. The molecule has 138 valence electrons. The maximum Gasteiger partial charge on any atom is 0.289 e. The van der Waals surface area contributed by atoms with Gasteiger partial charge in [0.1, 0.15) is 5.76 Å². The number of aromatic nitrogens is 1. The molecule has 2 fully saturated rings. The molecule has 0 aliphatic carbocycles. The van der Waals surface area contributed by atoms with Crippen molar-refractivity contribution in [1.82, 2.24) is 14.8 Å². The first-order valence-electron chi connectivity index (χ1n) is 8.99. The molecular weight excluding hydrogens is 350 g/mol. The summed E-state index contributed by atoms with van der Waals surface area (Å²) in [6.45, 7) is 6.54. The lowest BCUT2D eigenvalue weighted by Gasteiger charge is -2.38. The number of aryl methyl sites for hydroxylation is 2. The second kappa shape index (κ2) is 6.54. The van der Waals surface area contributed by atoms with Gasteiger partial charge in [0.05, 0.1) is 17.2 Å². The molecule has 2 saturated heterocycles. The van der Waals surface area contributed by atoms with Crippen LogP contribution in [-0.4, -0.2) is 46.2 Å². The van der Waals surface area contributed by atoms with Crippen LogP contribution in [0.2, 0.25) is 0 Å². The Kier molecular flexibility index (Phi) is 4.34. The number of thiazole rings is 1. The van der Waals surface area contributed by atoms with E-state index in [9.17, 15) is 9.59 Å². The smallest absolute Gasteiger partial charge is 0.289 e. The summed E-state index contributed by atoms with van der Waals surface area (Å²) in [5.41, 5.74) is 0.969. The maximum absolute atomic E-state index is 12.5. The van der Waals surface area contributed by atoms with Gasteiger partial charge in [0.25, 0.3) is 5.91 Å². The Bertz CT molecular complexity index is 833. The van der Waals surface area contributed by atoms with Gasteiger partial charge in [-0.05, 0) is 38.8 Å². The predicted molar refractivity (Wildman–Crippen MR) is 97.9 cm³/mol. The number of nitrogens with zero attached hydrogens (tertiary/aromatic N) is 3. The largest absolute Gasteiger partial charge is 0.456 e. The number of likely N-dealkylation sites (tertiary alicyclic amines) is 2. The number of furan rings is 1. The highest BCUT2D eigenvalue weighted by Gasteiger charge is 2.45. The molecule has 2 amide bonds. The third kappa shape index (κ3) is 3.28. The van der Waals surface area contributed by atoms with E-state index in [2.05, 4.69) is 4.98 Å². The van der Waals surface area contributed by atoms with Crippen LogP contribution in [-0.2, 0) is 11.3 Å². The molecule has 2 aromatic heterocycles. The van der Waals surface area contributed by atoms with E-state index in [1.54, 1.807) is 17.4 Å². The molecule has 0 bridgehead atoms. The fourth-order valence-electron chi connectivity index (χ4n) is 4.03. The number of carbonyl (C=O) groups excluding carboxylic acids is 2. The lowest BCUT2D eigenvalue weighted by Crippen LogP contribution is -2.44. The zero-order chi connectivity index (χ0) is 18.3. The van der Waals surface area contributed by atoms with Crippen LogP contribution >= 0.6 is 11.3 Å². The van der Waals surface area contributed by atoms with Crippen LogP contribution in [0.3, 0.4) is 0 Å². The van der Waals surface area contributed by atoms with Gasteiger partial charge in [0.2, 0.25) is 5.91 Å². The fraction of sp³-hybridized carbons (Fsp3) is 0.526. The minimum absolute atomic E-state index is 0.00197. The highest BCUT2D eigenvalue weighted by Crippen LogP contribution is 2.41. The van der Waals surface area contributed by atoms with E-state index in [4.69, 9.17) is 4.42 Å². The van der Waals surface area contributed by atoms with Crippen molar-refractivity contribution < 1.29 is 14.0 Å². The van der Waals surface area contributed by atoms with Gasteiger partial charge in [0, 0.05) is 36.9 Å². The molecule has 2 aliphatic rings. The molecule has 4 heterocycles. The Labute approximate surface area is 156 Å². The Morgan fingerprint density at radius 1 is 1.31 bits per heavy atom. The van der Waals surface area contributed by atoms with E-state index >= 15 is 0 Å². The summed E-state index contributed by atoms with van der Waals surface area (Å²) in [5, 5.41) is 3.06. The Hall–Kier alpha value is -2.15. The average molecular weight is 373 g/mol. The number of rotatable bonds is 3. The summed E-state index contributed by atoms with van der Waals surface area (Å²) in [4.78, 5) is 33.3. The SMILES string of the molecule is Cc1ccc(C(=O)N2CCC3(CC2)CC(=O)N(Cc2csc(C)n2)C3)o1. The quantitative estimate of drug-likeness (QED) is 0.829. The molecule has 2 aliphatic heterocycles. The molecule has 1 spiro atoms. The van der Waals surface area contributed by atoms with Crippen LogP contribution in [0.15, 0.2) is 21.9 Å². The van der Waals surface area contributed by atoms with Crippen molar-refractivity contribution in [2.24, 2.45) is 5.41 Å². The molecule has 0 radical (unpaired) electrons. The van der Waals surface area contributed by atoms with E-state index in [0.717, 1.165) is 35.8 Å². The van der Waals surface area contributed by atoms with Crippen LogP contribution in [0.4, 0.5) is 0 Å². The maximum atomic E-state index is 12.5. The van der Waals surface area contributed by atoms with Crippen LogP contribution in [0, 0.1) is 19.3 Å². The van der Waals surface area contributed by atoms with Crippen molar-refractivity contribution in [2.75, 3.05) is 19.6 Å². The first-order chi connectivity index (χ1) is 12.4. The Morgan fingerprint density at radius 2 is 2.08 bits per heavy atom. The van der Waals surface area contributed by atoms with Crippen LogP contribution < -0.4 is 0 Å². The minimum Gasteiger partial charge on any atom is -0.456 e. The van der Waals surface area contributed by atoms with Crippen LogP contribution in [0.5, 0.6) is 0 Å². The second-order valence-corrected chi connectivity index (χ2v) is 8.55. The molecule has 0 atom stereocenters. The van der Waals surface area contributed by atoms with Gasteiger partial charge in [-0.3, -0.25) is 9.59 Å². The van der Waals surface area contributed by atoms with Gasteiger partial charge in [0.15, 0.2) is 5.76 Å². The van der Waals surface area contributed by atoms with Gasteiger partial charge in [-0.2, -0.15) is 0 Å². The van der Waals surface area contributed by atoms with Gasteiger partial charge in [-0.1, -0.05) is 0 Å². The van der Waals surface area contributed by atoms with Gasteiger partial charge < -0.3 is 14.2 Å². The molecule has 26 heavy (non-hydrogen) atoms. The van der Waals surface area contributed by atoms with Crippen molar-refractivity contribution >= 4 is 23.2 Å². The minimum atomic E-state index is -0.0490. The normalized spacial score (nSPS) is 19.5. The number of amides is 2. The first kappa shape index (κ1) is 17.3. The van der Waals surface area contributed by atoms with Gasteiger partial charge in [-0.25, -0.2) is 4.98 Å². The van der Waals surface area contributed by atoms with Crippen molar-refractivity contribution in [2.45, 2.75) is 39.7 Å². The molecule has 2 aromatic rings. The van der Waals surface area contributed by atoms with Crippen molar-refractivity contribution in [3.05, 3.63) is 39.7 Å². The summed E-state index contributed by atoms with van der Waals surface area (Å²) < 4.78 is 5.46. The van der Waals surface area contributed by atoms with E-state index in [-0.39, 0.29) is 17.2 Å². The first-order valence-corrected chi connectivity index (χ1v) is 9.87. The van der Waals surface area contributed by atoms with Crippen molar-refractivity contribution in [1.29, 1.82) is 0 Å². The fourth-order valence-corrected chi connectivity index (χ4v) is 4.63. The third-order valence-electron chi connectivity index (χ3n) is 5.49. The summed E-state index contributed by atoms with van der Waals surface area (Å²) in [6, 6.07) is 3.55. The Balaban J connectivity index is 1.37. The molecule has 4 rings (SSSR count). The molecule has 0 unspecified atom stereocenters. The number of piperidine rings is 1. The molecule has 0 aromatic carbocycles. The summed E-state index contributed by atoms with van der Waals surface area (Å²) in [6.07, 6.45) is 2.30. The summed E-state index contributed by atoms with van der Waals surface area (Å²) >= 11 is 1.62. The van der Waals surface area contributed by atoms with E-state index in [1.807, 2.05) is 35.1 Å². The average Bonchev–Trinajstić information content (AvgIpc) is 3.29. The summed E-state index contributed by atoms with van der Waals surface area (Å²) in [7, 11) is 0. The molecule has 0 saturated carbocycles. The van der Waals surface area contributed by atoms with Crippen molar-refractivity contribution in [3.63, 3.8) is 0 Å². The molecule has 7 heteroatoms. The van der Waals surface area contributed by atoms with Crippen LogP contribution in [0.25, 0.3) is 0 Å². The highest BCUT2D eigenvalue weighted by atomic mass is 32.1. The number of hydrogen-bond acceptors (Lipinski definition) is 5. The topological polar surface area (TPSA) is 66.7 Å². The molecule has 6 nitrogen and oxygen atoms in total. The zero-order valence-corrected chi connectivity index (χ0v) is 16.0. The standard InChI is InChI=1S/C19H23N3O3S/c1-13-3-4-16(25-13)18(24)21-7-5-19(6-8-21)9-17(23)22(12-19)10-15-11-26-14(2)20-15/h3-4,11H,5-10,12H2,1-2H3. The van der Waals surface area contributed by atoms with E-state index in [0.29, 0.717) is 31.8 Å². The van der Waals surface area contributed by atoms with E-state index in [1.165, 1.54) is 0 Å². The van der Waals surface area contributed by atoms with Gasteiger partial charge >= 0.3 is 0 Å². The summed E-state index contributed by atoms with van der Waals surface area (Å²) in [5.74, 6) is 1.31. The van der Waals surface area contributed by atoms with Gasteiger partial charge in [-0.15, -0.1) is 11.3 Å². The monoisotopic (exact) mass is 373 g/mol. The lowest BCUT2D eigenvalue weighted by molar-refractivity contribution is -0.128. The predicted octanol–water partition coefficient (Wildman–Crippen LogP) is 3.01. The van der Waals surface area contributed by atoms with Crippen molar-refractivity contribution in [3.8, 4) is 0 Å². The molecule has 0 N–H and O–H groups in total. The lowest BCUT2D eigenvalue weighted by atomic mass is 9.77. The van der Waals surface area contributed by atoms with E-state index < -0.39 is 0 Å². The second-order valence-electron chi connectivity index (χ2n) is 7.49. The molecular formula is C19H23N3O3S.